The number of hydrogen-bond donors (Lipinski definition) is 7. The van der Waals surface area contributed by atoms with Crippen LogP contribution in [-0.2, 0) is 4.74 Å². The normalized spacial score (nSPS) is 17.8. The standard InChI is InChI=1S/C27H56N2O7/c1-11-25(5,6)17-27(9,10)36-23(35)29-18(13-28-14-20(32)21(33)15-30)19(31)12-22(34)26(7,8)16-24(2,3)4/h18-22,28,30-34H,11-17H2,1-10H3,(H,29,35). The lowest BCUT2D eigenvalue weighted by Gasteiger charge is -2.38. The molecule has 5 atom stereocenters. The second-order valence-corrected chi connectivity index (χ2v) is 13.6. The molecule has 0 spiro atoms. The molecule has 0 radical (unpaired) electrons. The molecule has 0 rings (SSSR count). The second kappa shape index (κ2) is 14.3. The van der Waals surface area contributed by atoms with E-state index in [1.807, 2.05) is 27.7 Å². The van der Waals surface area contributed by atoms with Crippen molar-refractivity contribution in [3.8, 4) is 0 Å². The fourth-order valence-corrected chi connectivity index (χ4v) is 4.87. The molecule has 216 valence electrons. The Bertz CT molecular complexity index is 647. The number of carbonyl (C=O) groups excluding carboxylic acids is 1. The lowest BCUT2D eigenvalue weighted by Crippen LogP contribution is -2.53. The molecule has 0 saturated heterocycles. The van der Waals surface area contributed by atoms with E-state index in [0.717, 1.165) is 12.8 Å². The molecule has 0 aliphatic heterocycles. The van der Waals surface area contributed by atoms with Crippen LogP contribution in [0.4, 0.5) is 4.79 Å². The first-order valence-corrected chi connectivity index (χ1v) is 13.2. The van der Waals surface area contributed by atoms with E-state index in [9.17, 15) is 25.2 Å². The van der Waals surface area contributed by atoms with Crippen molar-refractivity contribution in [2.45, 2.75) is 131 Å². The fraction of sp³-hybridized carbons (Fsp3) is 0.963. The highest BCUT2D eigenvalue weighted by Gasteiger charge is 2.36. The molecule has 0 aromatic rings. The summed E-state index contributed by atoms with van der Waals surface area (Å²) in [6.45, 7) is 19.6. The zero-order chi connectivity index (χ0) is 28.5. The van der Waals surface area contributed by atoms with Gasteiger partial charge in [-0.05, 0) is 42.9 Å². The lowest BCUT2D eigenvalue weighted by molar-refractivity contribution is -0.0285. The average Bonchev–Trinajstić information content (AvgIpc) is 2.68. The van der Waals surface area contributed by atoms with E-state index in [-0.39, 0.29) is 30.3 Å². The Kier molecular flexibility index (Phi) is 13.9. The minimum Gasteiger partial charge on any atom is -0.444 e. The average molecular weight is 521 g/mol. The van der Waals surface area contributed by atoms with Crippen LogP contribution in [0, 0.1) is 16.2 Å². The molecule has 0 aliphatic rings. The van der Waals surface area contributed by atoms with Crippen molar-refractivity contribution in [1.82, 2.24) is 10.6 Å². The number of ether oxygens (including phenoxy) is 1. The molecule has 1 amide bonds. The van der Waals surface area contributed by atoms with Crippen molar-refractivity contribution in [3.63, 3.8) is 0 Å². The van der Waals surface area contributed by atoms with Gasteiger partial charge in [-0.1, -0.05) is 61.8 Å². The van der Waals surface area contributed by atoms with Gasteiger partial charge in [0.1, 0.15) is 11.7 Å². The molecule has 9 heteroatoms. The smallest absolute Gasteiger partial charge is 0.408 e. The van der Waals surface area contributed by atoms with Crippen LogP contribution >= 0.6 is 0 Å². The zero-order valence-electron chi connectivity index (χ0n) is 24.4. The van der Waals surface area contributed by atoms with Gasteiger partial charge in [0.15, 0.2) is 0 Å². The molecule has 0 bridgehead atoms. The zero-order valence-corrected chi connectivity index (χ0v) is 24.4. The number of aliphatic hydroxyl groups excluding tert-OH is 5. The van der Waals surface area contributed by atoms with Crippen LogP contribution in [0.1, 0.15) is 94.9 Å². The maximum atomic E-state index is 12.8. The van der Waals surface area contributed by atoms with Crippen LogP contribution < -0.4 is 10.6 Å². The van der Waals surface area contributed by atoms with Gasteiger partial charge < -0.3 is 40.9 Å². The highest BCUT2D eigenvalue weighted by atomic mass is 16.6. The summed E-state index contributed by atoms with van der Waals surface area (Å²) in [7, 11) is 0. The van der Waals surface area contributed by atoms with Gasteiger partial charge in [-0.25, -0.2) is 4.79 Å². The summed E-state index contributed by atoms with van der Waals surface area (Å²) in [5.74, 6) is 0. The predicted molar refractivity (Wildman–Crippen MR) is 143 cm³/mol. The molecule has 0 heterocycles. The van der Waals surface area contributed by atoms with E-state index in [1.54, 1.807) is 0 Å². The van der Waals surface area contributed by atoms with E-state index in [1.165, 1.54) is 0 Å². The van der Waals surface area contributed by atoms with Crippen molar-refractivity contribution < 1.29 is 35.1 Å². The van der Waals surface area contributed by atoms with Crippen LogP contribution in [-0.4, -0.2) is 87.4 Å². The van der Waals surface area contributed by atoms with Gasteiger partial charge in [-0.15, -0.1) is 0 Å². The Morgan fingerprint density at radius 3 is 1.86 bits per heavy atom. The Morgan fingerprint density at radius 2 is 1.39 bits per heavy atom. The van der Waals surface area contributed by atoms with Gasteiger partial charge in [0.2, 0.25) is 0 Å². The van der Waals surface area contributed by atoms with E-state index >= 15 is 0 Å². The first-order chi connectivity index (χ1) is 16.1. The molecule has 0 aromatic heterocycles. The Morgan fingerprint density at radius 1 is 0.833 bits per heavy atom. The maximum absolute atomic E-state index is 12.8. The summed E-state index contributed by atoms with van der Waals surface area (Å²) in [5.41, 5.74) is -1.23. The van der Waals surface area contributed by atoms with Crippen LogP contribution in [0.25, 0.3) is 0 Å². The molecule has 0 fully saturated rings. The molecule has 5 unspecified atom stereocenters. The van der Waals surface area contributed by atoms with Gasteiger partial charge in [0, 0.05) is 19.5 Å². The number of aliphatic hydroxyl groups is 5. The van der Waals surface area contributed by atoms with Crippen molar-refractivity contribution in [1.29, 1.82) is 0 Å². The van der Waals surface area contributed by atoms with Crippen LogP contribution in [0.15, 0.2) is 0 Å². The lowest BCUT2D eigenvalue weighted by atomic mass is 9.71. The van der Waals surface area contributed by atoms with E-state index in [4.69, 9.17) is 9.84 Å². The maximum Gasteiger partial charge on any atom is 0.408 e. The van der Waals surface area contributed by atoms with Gasteiger partial charge in [0.05, 0.1) is 31.0 Å². The summed E-state index contributed by atoms with van der Waals surface area (Å²) in [6, 6.07) is -0.828. The van der Waals surface area contributed by atoms with Crippen LogP contribution in [0.5, 0.6) is 0 Å². The number of rotatable bonds is 16. The highest BCUT2D eigenvalue weighted by molar-refractivity contribution is 5.68. The topological polar surface area (TPSA) is 152 Å². The predicted octanol–water partition coefficient (Wildman–Crippen LogP) is 2.56. The van der Waals surface area contributed by atoms with Crippen molar-refractivity contribution in [3.05, 3.63) is 0 Å². The third-order valence-electron chi connectivity index (χ3n) is 6.70. The van der Waals surface area contributed by atoms with Crippen molar-refractivity contribution in [2.75, 3.05) is 19.7 Å². The number of hydrogen-bond acceptors (Lipinski definition) is 8. The summed E-state index contributed by atoms with van der Waals surface area (Å²) < 4.78 is 5.70. The highest BCUT2D eigenvalue weighted by Crippen LogP contribution is 2.37. The monoisotopic (exact) mass is 520 g/mol. The molecule has 36 heavy (non-hydrogen) atoms. The van der Waals surface area contributed by atoms with E-state index in [2.05, 4.69) is 52.2 Å². The summed E-state index contributed by atoms with van der Waals surface area (Å²) in [4.78, 5) is 12.8. The minimum absolute atomic E-state index is 0.0139. The van der Waals surface area contributed by atoms with Gasteiger partial charge in [-0.3, -0.25) is 0 Å². The Hall–Kier alpha value is -0.970. The molecule has 0 saturated carbocycles. The van der Waals surface area contributed by atoms with Crippen molar-refractivity contribution >= 4 is 6.09 Å². The Labute approximate surface area is 219 Å². The number of alkyl carbamates (subject to hydrolysis) is 1. The second-order valence-electron chi connectivity index (χ2n) is 13.6. The molecule has 7 N–H and O–H groups in total. The summed E-state index contributed by atoms with van der Waals surface area (Å²) in [5, 5.41) is 56.1. The molecular formula is C27H56N2O7. The third-order valence-corrected chi connectivity index (χ3v) is 6.70. The third kappa shape index (κ3) is 14.1. The molecular weight excluding hydrogens is 464 g/mol. The largest absolute Gasteiger partial charge is 0.444 e. The molecule has 9 nitrogen and oxygen atoms in total. The van der Waals surface area contributed by atoms with Gasteiger partial charge in [-0.2, -0.15) is 0 Å². The number of carbonyl (C=O) groups is 1. The first-order valence-electron chi connectivity index (χ1n) is 13.2. The van der Waals surface area contributed by atoms with Gasteiger partial charge in [0.25, 0.3) is 0 Å². The Balaban J connectivity index is 5.43. The number of amides is 1. The van der Waals surface area contributed by atoms with Crippen LogP contribution in [0.3, 0.4) is 0 Å². The van der Waals surface area contributed by atoms with E-state index < -0.39 is 54.2 Å². The van der Waals surface area contributed by atoms with Gasteiger partial charge >= 0.3 is 6.09 Å². The molecule has 0 aromatic carbocycles. The quantitative estimate of drug-likeness (QED) is 0.164. The molecule has 0 aliphatic carbocycles. The van der Waals surface area contributed by atoms with E-state index in [0.29, 0.717) is 6.42 Å². The first kappa shape index (κ1) is 35.0. The minimum atomic E-state index is -1.30. The van der Waals surface area contributed by atoms with Crippen molar-refractivity contribution in [2.24, 2.45) is 16.2 Å². The SMILES string of the molecule is CCC(C)(C)CC(C)(C)OC(=O)NC(CNCC(O)C(O)CO)C(O)CC(O)C(C)(C)CC(C)(C)C. The fourth-order valence-electron chi connectivity index (χ4n) is 4.87. The van der Waals surface area contributed by atoms with Crippen LogP contribution in [0.2, 0.25) is 0 Å². The summed E-state index contributed by atoms with van der Waals surface area (Å²) >= 11 is 0. The number of nitrogens with one attached hydrogen (secondary N) is 2. The summed E-state index contributed by atoms with van der Waals surface area (Å²) in [6.07, 6.45) is -2.78.